The molecule has 0 aromatic heterocycles. The van der Waals surface area contributed by atoms with Gasteiger partial charge in [0, 0.05) is 0 Å². The Kier molecular flexibility index (Phi) is 8.75. The summed E-state index contributed by atoms with van der Waals surface area (Å²) in [4.78, 5) is 0. The van der Waals surface area contributed by atoms with Crippen LogP contribution in [-0.4, -0.2) is 0 Å². The molecule has 0 spiro atoms. The molecule has 0 rings (SSSR count). The lowest BCUT2D eigenvalue weighted by molar-refractivity contribution is 0.814. The van der Waals surface area contributed by atoms with Crippen molar-refractivity contribution >= 4 is 0 Å². The molecule has 0 N–H and O–H groups in total. The zero-order chi connectivity index (χ0) is 9.94. The van der Waals surface area contributed by atoms with E-state index in [4.69, 9.17) is 0 Å². The van der Waals surface area contributed by atoms with Crippen molar-refractivity contribution in [2.75, 3.05) is 0 Å². The van der Waals surface area contributed by atoms with Gasteiger partial charge in [0.25, 0.3) is 0 Å². The van der Waals surface area contributed by atoms with Crippen LogP contribution in [0.3, 0.4) is 0 Å². The molecule has 0 aliphatic carbocycles. The molecule has 0 heteroatoms. The number of unbranched alkanes of at least 4 members (excludes halogenated alkanes) is 2. The second kappa shape index (κ2) is 9.31. The first-order valence-electron chi connectivity index (χ1n) is 5.31. The van der Waals surface area contributed by atoms with Gasteiger partial charge in [-0.15, -0.1) is 6.58 Å². The van der Waals surface area contributed by atoms with Crippen LogP contribution in [0.1, 0.15) is 46.0 Å². The lowest BCUT2D eigenvalue weighted by atomic mass is 10.1. The molecule has 13 heavy (non-hydrogen) atoms. The third-order valence-electron chi connectivity index (χ3n) is 2.01. The Bertz CT molecular complexity index is 172. The van der Waals surface area contributed by atoms with Crippen molar-refractivity contribution in [1.29, 1.82) is 0 Å². The van der Waals surface area contributed by atoms with E-state index in [0.717, 1.165) is 12.8 Å². The molecular weight excluding hydrogens is 156 g/mol. The molecule has 0 bridgehead atoms. The van der Waals surface area contributed by atoms with E-state index in [0.29, 0.717) is 0 Å². The summed E-state index contributed by atoms with van der Waals surface area (Å²) in [5, 5.41) is 0. The molecule has 0 aliphatic rings. The van der Waals surface area contributed by atoms with Gasteiger partial charge in [-0.1, -0.05) is 56.6 Å². The van der Waals surface area contributed by atoms with Crippen LogP contribution < -0.4 is 0 Å². The zero-order valence-corrected chi connectivity index (χ0v) is 9.05. The predicted octanol–water partition coefficient (Wildman–Crippen LogP) is 4.65. The van der Waals surface area contributed by atoms with E-state index in [-0.39, 0.29) is 0 Å². The van der Waals surface area contributed by atoms with E-state index in [1.807, 2.05) is 6.08 Å². The molecule has 74 valence electrons. The predicted molar refractivity (Wildman–Crippen MR) is 61.9 cm³/mol. The van der Waals surface area contributed by atoms with Crippen molar-refractivity contribution in [1.82, 2.24) is 0 Å². The summed E-state index contributed by atoms with van der Waals surface area (Å²) in [6, 6.07) is 0. The van der Waals surface area contributed by atoms with Gasteiger partial charge in [-0.05, 0) is 19.3 Å². The first-order valence-corrected chi connectivity index (χ1v) is 5.31. The van der Waals surface area contributed by atoms with Crippen molar-refractivity contribution < 1.29 is 0 Å². The van der Waals surface area contributed by atoms with Crippen LogP contribution >= 0.6 is 0 Å². The van der Waals surface area contributed by atoms with Gasteiger partial charge >= 0.3 is 0 Å². The SMILES string of the molecule is C=CCC=C(C=CCCCC)CC. The van der Waals surface area contributed by atoms with Gasteiger partial charge in [0.05, 0.1) is 0 Å². The molecule has 0 aromatic carbocycles. The van der Waals surface area contributed by atoms with Gasteiger partial charge in [-0.2, -0.15) is 0 Å². The summed E-state index contributed by atoms with van der Waals surface area (Å²) in [6.07, 6.45) is 14.6. The van der Waals surface area contributed by atoms with E-state index in [1.54, 1.807) is 0 Å². The van der Waals surface area contributed by atoms with Gasteiger partial charge in [-0.3, -0.25) is 0 Å². The van der Waals surface area contributed by atoms with Crippen LogP contribution in [0, 0.1) is 0 Å². The molecule has 0 saturated carbocycles. The maximum atomic E-state index is 3.71. The lowest BCUT2D eigenvalue weighted by Crippen LogP contribution is -1.75. The second-order valence-corrected chi connectivity index (χ2v) is 3.20. The monoisotopic (exact) mass is 178 g/mol. The third-order valence-corrected chi connectivity index (χ3v) is 2.01. The van der Waals surface area contributed by atoms with Gasteiger partial charge in [-0.25, -0.2) is 0 Å². The highest BCUT2D eigenvalue weighted by Gasteiger charge is 1.85. The highest BCUT2D eigenvalue weighted by Crippen LogP contribution is 2.06. The molecule has 0 aromatic rings. The summed E-state index contributed by atoms with van der Waals surface area (Å²) < 4.78 is 0. The highest BCUT2D eigenvalue weighted by molar-refractivity contribution is 5.18. The van der Waals surface area contributed by atoms with Gasteiger partial charge in [0.1, 0.15) is 0 Å². The standard InChI is InChI=1S/C13H22/c1-4-7-9-10-12-13(6-3)11-8-5-2/h5,10-12H,2,4,6-9H2,1,3H3. The maximum Gasteiger partial charge on any atom is -0.0166 e. The third kappa shape index (κ3) is 7.58. The topological polar surface area (TPSA) is 0 Å². The van der Waals surface area contributed by atoms with E-state index < -0.39 is 0 Å². The molecule has 0 heterocycles. The van der Waals surface area contributed by atoms with Crippen LogP contribution in [0.15, 0.2) is 36.5 Å². The average molecular weight is 178 g/mol. The number of rotatable bonds is 7. The molecular formula is C13H22. The fourth-order valence-electron chi connectivity index (χ4n) is 1.12. The quantitative estimate of drug-likeness (QED) is 0.302. The molecule has 0 atom stereocenters. The van der Waals surface area contributed by atoms with Crippen LogP contribution in [0.25, 0.3) is 0 Å². The summed E-state index contributed by atoms with van der Waals surface area (Å²) in [5.41, 5.74) is 1.43. The fraction of sp³-hybridized carbons (Fsp3) is 0.538. The molecule has 0 nitrogen and oxygen atoms in total. The first kappa shape index (κ1) is 12.2. The fourth-order valence-corrected chi connectivity index (χ4v) is 1.12. The second-order valence-electron chi connectivity index (χ2n) is 3.20. The Morgan fingerprint density at radius 3 is 2.62 bits per heavy atom. The molecule has 0 aliphatic heterocycles. The molecule has 0 fully saturated rings. The largest absolute Gasteiger partial charge is 0.103 e. The Morgan fingerprint density at radius 2 is 2.08 bits per heavy atom. The van der Waals surface area contributed by atoms with E-state index in [9.17, 15) is 0 Å². The number of hydrogen-bond acceptors (Lipinski definition) is 0. The van der Waals surface area contributed by atoms with Crippen LogP contribution in [0.4, 0.5) is 0 Å². The normalized spacial score (nSPS) is 12.3. The number of hydrogen-bond donors (Lipinski definition) is 0. The Balaban J connectivity index is 3.81. The van der Waals surface area contributed by atoms with Gasteiger partial charge in [0.15, 0.2) is 0 Å². The van der Waals surface area contributed by atoms with Gasteiger partial charge in [0.2, 0.25) is 0 Å². The maximum absolute atomic E-state index is 3.71. The van der Waals surface area contributed by atoms with Gasteiger partial charge < -0.3 is 0 Å². The zero-order valence-electron chi connectivity index (χ0n) is 9.05. The Morgan fingerprint density at radius 1 is 1.31 bits per heavy atom. The minimum atomic E-state index is 0.987. The van der Waals surface area contributed by atoms with E-state index >= 15 is 0 Å². The highest BCUT2D eigenvalue weighted by atomic mass is 13.9. The van der Waals surface area contributed by atoms with Crippen molar-refractivity contribution in [2.24, 2.45) is 0 Å². The van der Waals surface area contributed by atoms with Crippen molar-refractivity contribution in [3.8, 4) is 0 Å². The van der Waals surface area contributed by atoms with Crippen molar-refractivity contribution in [3.63, 3.8) is 0 Å². The van der Waals surface area contributed by atoms with E-state index in [1.165, 1.54) is 24.8 Å². The first-order chi connectivity index (χ1) is 6.35. The summed E-state index contributed by atoms with van der Waals surface area (Å²) in [7, 11) is 0. The summed E-state index contributed by atoms with van der Waals surface area (Å²) >= 11 is 0. The van der Waals surface area contributed by atoms with Crippen LogP contribution in [0.5, 0.6) is 0 Å². The van der Waals surface area contributed by atoms with Crippen LogP contribution in [-0.2, 0) is 0 Å². The Labute approximate surface area is 83.0 Å². The molecule has 0 radical (unpaired) electrons. The minimum absolute atomic E-state index is 0.987. The van der Waals surface area contributed by atoms with E-state index in [2.05, 4.69) is 38.7 Å². The van der Waals surface area contributed by atoms with Crippen molar-refractivity contribution in [3.05, 3.63) is 36.5 Å². The molecule has 0 unspecified atom stereocenters. The Hall–Kier alpha value is -0.780. The number of allylic oxidation sites excluding steroid dienone is 5. The van der Waals surface area contributed by atoms with Crippen molar-refractivity contribution in [2.45, 2.75) is 46.0 Å². The minimum Gasteiger partial charge on any atom is -0.103 e. The summed E-state index contributed by atoms with van der Waals surface area (Å²) in [6.45, 7) is 8.13. The molecule has 0 saturated heterocycles. The van der Waals surface area contributed by atoms with Crippen LogP contribution in [0.2, 0.25) is 0 Å². The summed E-state index contributed by atoms with van der Waals surface area (Å²) in [5.74, 6) is 0. The molecule has 0 amide bonds. The smallest absolute Gasteiger partial charge is 0.0166 e. The average Bonchev–Trinajstić information content (AvgIpc) is 2.17. The lowest BCUT2D eigenvalue weighted by Gasteiger charge is -1.95.